The monoisotopic (exact) mass is 408 g/mol. The number of hydrogen-bond donors (Lipinski definition) is 2. The number of aromatic nitrogens is 4. The van der Waals surface area contributed by atoms with Gasteiger partial charge in [0, 0.05) is 11.1 Å². The molecule has 10 nitrogen and oxygen atoms in total. The molecule has 154 valence electrons. The summed E-state index contributed by atoms with van der Waals surface area (Å²) in [6.07, 6.45) is -1.44. The van der Waals surface area contributed by atoms with E-state index in [9.17, 15) is 19.5 Å². The summed E-state index contributed by atoms with van der Waals surface area (Å²) in [6, 6.07) is 7.37. The van der Waals surface area contributed by atoms with Crippen molar-refractivity contribution in [3.05, 3.63) is 62.2 Å². The number of nitrogen functional groups attached to an aromatic ring is 1. The van der Waals surface area contributed by atoms with E-state index < -0.39 is 17.3 Å². The SMILES string of the molecule is CC#CCN(C(=O)O)n1c(N)c(C)c(=O)n(Cc2nc(C)c3ccccc3n2)c1=O. The largest absolute Gasteiger partial charge is 0.464 e. The third-order valence-corrected chi connectivity index (χ3v) is 4.60. The molecule has 3 N–H and O–H groups in total. The number of amides is 1. The second-order valence-electron chi connectivity index (χ2n) is 6.51. The van der Waals surface area contributed by atoms with Gasteiger partial charge in [-0.2, -0.15) is 9.69 Å². The summed E-state index contributed by atoms with van der Waals surface area (Å²) in [5.74, 6) is 5.13. The van der Waals surface area contributed by atoms with E-state index in [-0.39, 0.29) is 30.3 Å². The number of fused-ring (bicyclic) bond motifs is 1. The molecule has 0 aliphatic rings. The Morgan fingerprint density at radius 2 is 1.93 bits per heavy atom. The normalized spacial score (nSPS) is 10.5. The Morgan fingerprint density at radius 3 is 2.60 bits per heavy atom. The van der Waals surface area contributed by atoms with E-state index in [1.807, 2.05) is 18.2 Å². The summed E-state index contributed by atoms with van der Waals surface area (Å²) in [7, 11) is 0. The van der Waals surface area contributed by atoms with Gasteiger partial charge in [-0.25, -0.2) is 19.6 Å². The average molecular weight is 408 g/mol. The van der Waals surface area contributed by atoms with E-state index in [4.69, 9.17) is 5.73 Å². The molecule has 0 saturated heterocycles. The highest BCUT2D eigenvalue weighted by Crippen LogP contribution is 2.15. The van der Waals surface area contributed by atoms with Gasteiger partial charge in [0.15, 0.2) is 0 Å². The number of hydrogen-bond acceptors (Lipinski definition) is 6. The van der Waals surface area contributed by atoms with Crippen LogP contribution in [-0.2, 0) is 6.54 Å². The first-order valence-electron chi connectivity index (χ1n) is 9.00. The Morgan fingerprint density at radius 1 is 1.23 bits per heavy atom. The zero-order valence-electron chi connectivity index (χ0n) is 16.7. The maximum absolute atomic E-state index is 13.1. The Hall–Kier alpha value is -4.13. The molecule has 0 atom stereocenters. The number of carboxylic acid groups (broad SMARTS) is 1. The van der Waals surface area contributed by atoms with Crippen LogP contribution in [0.5, 0.6) is 0 Å². The summed E-state index contributed by atoms with van der Waals surface area (Å²) < 4.78 is 1.60. The first kappa shape index (κ1) is 20.6. The third-order valence-electron chi connectivity index (χ3n) is 4.60. The van der Waals surface area contributed by atoms with Gasteiger partial charge in [0.25, 0.3) is 5.56 Å². The molecule has 2 heterocycles. The van der Waals surface area contributed by atoms with Crippen molar-refractivity contribution in [3.8, 4) is 11.8 Å². The highest BCUT2D eigenvalue weighted by atomic mass is 16.4. The number of nitrogens with zero attached hydrogens (tertiary/aromatic N) is 5. The smallest absolute Gasteiger partial charge is 0.427 e. The standard InChI is InChI=1S/C20H20N6O4/c1-4-5-10-25(20(29)30)26-17(21)12(2)18(27)24(19(26)28)11-16-22-13(3)14-8-6-7-9-15(14)23-16/h6-9H,10-11,21H2,1-3H3,(H,29,30). The number of nitrogens with two attached hydrogens (primary N) is 1. The fourth-order valence-electron chi connectivity index (χ4n) is 3.03. The summed E-state index contributed by atoms with van der Waals surface area (Å²) in [5.41, 5.74) is 5.76. The van der Waals surface area contributed by atoms with Crippen LogP contribution in [0.2, 0.25) is 0 Å². The van der Waals surface area contributed by atoms with Gasteiger partial charge in [-0.15, -0.1) is 5.92 Å². The maximum atomic E-state index is 13.1. The predicted octanol–water partition coefficient (Wildman–Crippen LogP) is 0.840. The molecule has 0 saturated carbocycles. The fourth-order valence-corrected chi connectivity index (χ4v) is 3.03. The van der Waals surface area contributed by atoms with E-state index in [1.54, 1.807) is 13.0 Å². The van der Waals surface area contributed by atoms with E-state index >= 15 is 0 Å². The minimum Gasteiger partial charge on any atom is -0.464 e. The molecule has 3 rings (SSSR count). The van der Waals surface area contributed by atoms with Gasteiger partial charge in [0.1, 0.15) is 18.2 Å². The molecule has 2 aromatic heterocycles. The molecular weight excluding hydrogens is 388 g/mol. The molecule has 1 amide bonds. The van der Waals surface area contributed by atoms with Gasteiger partial charge in [0.05, 0.1) is 17.6 Å². The van der Waals surface area contributed by atoms with Crippen LogP contribution in [0.3, 0.4) is 0 Å². The van der Waals surface area contributed by atoms with Crippen LogP contribution in [0, 0.1) is 25.7 Å². The topological polar surface area (TPSA) is 136 Å². The predicted molar refractivity (Wildman–Crippen MR) is 112 cm³/mol. The Labute approximate surface area is 171 Å². The molecule has 0 radical (unpaired) electrons. The second-order valence-corrected chi connectivity index (χ2v) is 6.51. The molecular formula is C20H20N6O4. The Bertz CT molecular complexity index is 1330. The van der Waals surface area contributed by atoms with Crippen molar-refractivity contribution in [1.82, 2.24) is 19.2 Å². The van der Waals surface area contributed by atoms with Crippen LogP contribution in [-0.4, -0.2) is 37.0 Å². The molecule has 0 fully saturated rings. The number of aryl methyl sites for hydroxylation is 1. The molecule has 0 aliphatic carbocycles. The van der Waals surface area contributed by atoms with Crippen molar-refractivity contribution in [2.75, 3.05) is 17.3 Å². The number of carbonyl (C=O) groups is 1. The van der Waals surface area contributed by atoms with Crippen LogP contribution in [0.25, 0.3) is 10.9 Å². The second kappa shape index (κ2) is 8.08. The van der Waals surface area contributed by atoms with E-state index in [0.29, 0.717) is 16.2 Å². The summed E-state index contributed by atoms with van der Waals surface area (Å²) in [4.78, 5) is 46.3. The average Bonchev–Trinajstić information content (AvgIpc) is 2.72. The Balaban J connectivity index is 2.19. The lowest BCUT2D eigenvalue weighted by Crippen LogP contribution is -2.53. The molecule has 3 aromatic rings. The van der Waals surface area contributed by atoms with Crippen LogP contribution in [0.15, 0.2) is 33.9 Å². The van der Waals surface area contributed by atoms with Crippen molar-refractivity contribution >= 4 is 22.8 Å². The maximum Gasteiger partial charge on any atom is 0.427 e. The quantitative estimate of drug-likeness (QED) is 0.610. The molecule has 0 unspecified atom stereocenters. The van der Waals surface area contributed by atoms with Crippen molar-refractivity contribution < 1.29 is 9.90 Å². The van der Waals surface area contributed by atoms with Crippen LogP contribution >= 0.6 is 0 Å². The summed E-state index contributed by atoms with van der Waals surface area (Å²) in [6.45, 7) is 4.23. The molecule has 1 aromatic carbocycles. The highest BCUT2D eigenvalue weighted by Gasteiger charge is 2.23. The fraction of sp³-hybridized carbons (Fsp3) is 0.250. The molecule has 0 bridgehead atoms. The number of anilines is 1. The van der Waals surface area contributed by atoms with Gasteiger partial charge in [-0.1, -0.05) is 24.1 Å². The number of rotatable bonds is 4. The zero-order chi connectivity index (χ0) is 22.0. The van der Waals surface area contributed by atoms with Gasteiger partial charge in [0.2, 0.25) is 0 Å². The van der Waals surface area contributed by atoms with Crippen molar-refractivity contribution in [3.63, 3.8) is 0 Å². The van der Waals surface area contributed by atoms with Crippen LogP contribution < -0.4 is 22.0 Å². The van der Waals surface area contributed by atoms with Gasteiger partial charge in [-0.05, 0) is 26.8 Å². The number of para-hydroxylation sites is 1. The lowest BCUT2D eigenvalue weighted by molar-refractivity contribution is 0.195. The third kappa shape index (κ3) is 3.60. The van der Waals surface area contributed by atoms with Crippen molar-refractivity contribution in [2.24, 2.45) is 0 Å². The van der Waals surface area contributed by atoms with Crippen molar-refractivity contribution in [2.45, 2.75) is 27.3 Å². The van der Waals surface area contributed by atoms with E-state index in [1.165, 1.54) is 13.8 Å². The highest BCUT2D eigenvalue weighted by molar-refractivity contribution is 5.80. The summed E-state index contributed by atoms with van der Waals surface area (Å²) in [5, 5.41) is 11.0. The molecule has 10 heteroatoms. The van der Waals surface area contributed by atoms with Gasteiger partial charge in [-0.3, -0.25) is 9.36 Å². The lowest BCUT2D eigenvalue weighted by atomic mass is 10.2. The minimum absolute atomic E-state index is 0.0304. The molecule has 0 aliphatic heterocycles. The zero-order valence-corrected chi connectivity index (χ0v) is 16.7. The number of benzene rings is 1. The van der Waals surface area contributed by atoms with Crippen LogP contribution in [0.4, 0.5) is 10.6 Å². The van der Waals surface area contributed by atoms with Gasteiger partial charge < -0.3 is 10.8 Å². The Kier molecular flexibility index (Phi) is 5.55. The first-order chi connectivity index (χ1) is 14.3. The first-order valence-corrected chi connectivity index (χ1v) is 9.00. The summed E-state index contributed by atoms with van der Waals surface area (Å²) >= 11 is 0. The molecule has 30 heavy (non-hydrogen) atoms. The van der Waals surface area contributed by atoms with Crippen LogP contribution in [0.1, 0.15) is 24.0 Å². The molecule has 0 spiro atoms. The van der Waals surface area contributed by atoms with Gasteiger partial charge >= 0.3 is 11.8 Å². The van der Waals surface area contributed by atoms with E-state index in [0.717, 1.165) is 14.6 Å². The van der Waals surface area contributed by atoms with Crippen molar-refractivity contribution in [1.29, 1.82) is 0 Å². The van der Waals surface area contributed by atoms with E-state index in [2.05, 4.69) is 21.8 Å². The lowest BCUT2D eigenvalue weighted by Gasteiger charge is -2.22. The minimum atomic E-state index is -1.44.